The van der Waals surface area contributed by atoms with Gasteiger partial charge >= 0.3 is 0 Å². The van der Waals surface area contributed by atoms with Crippen LogP contribution in [0.15, 0.2) is 42.9 Å². The van der Waals surface area contributed by atoms with Gasteiger partial charge in [-0.2, -0.15) is 0 Å². The first-order chi connectivity index (χ1) is 8.70. The number of pyridine rings is 1. The van der Waals surface area contributed by atoms with Crippen molar-refractivity contribution in [3.8, 4) is 0 Å². The van der Waals surface area contributed by atoms with E-state index in [0.717, 1.165) is 0 Å². The number of hydrogen-bond donors (Lipinski definition) is 2. The molecule has 2 aromatic heterocycles. The second kappa shape index (κ2) is 5.24. The van der Waals surface area contributed by atoms with Gasteiger partial charge < -0.3 is 15.0 Å². The molecule has 2 N–H and O–H groups in total. The molecule has 2 rings (SSSR count). The standard InChI is InChI=1S/C12H11N3O3/c16-8-11(17)15-6-4-9(7-15)14-12(18)10-3-1-2-5-13-10/h1-8,11,17H,(H,14,18). The summed E-state index contributed by atoms with van der Waals surface area (Å²) in [5, 5.41) is 11.9. The number of aliphatic hydroxyl groups excluding tert-OH is 1. The van der Waals surface area contributed by atoms with Gasteiger partial charge in [0.05, 0.1) is 5.69 Å². The molecule has 1 unspecified atom stereocenters. The van der Waals surface area contributed by atoms with Crippen LogP contribution in [0.5, 0.6) is 0 Å². The van der Waals surface area contributed by atoms with Crippen molar-refractivity contribution in [2.24, 2.45) is 0 Å². The van der Waals surface area contributed by atoms with Crippen molar-refractivity contribution in [2.75, 3.05) is 5.32 Å². The number of anilines is 1. The first-order valence-electron chi connectivity index (χ1n) is 5.24. The number of hydrogen-bond acceptors (Lipinski definition) is 4. The summed E-state index contributed by atoms with van der Waals surface area (Å²) in [4.78, 5) is 26.0. The smallest absolute Gasteiger partial charge is 0.274 e. The number of carbonyl (C=O) groups excluding carboxylic acids is 2. The van der Waals surface area contributed by atoms with Crippen LogP contribution in [0.2, 0.25) is 0 Å². The number of rotatable bonds is 4. The molecule has 6 nitrogen and oxygen atoms in total. The van der Waals surface area contributed by atoms with Crippen molar-refractivity contribution in [3.63, 3.8) is 0 Å². The predicted octanol–water partition coefficient (Wildman–Crippen LogP) is 0.825. The van der Waals surface area contributed by atoms with Crippen LogP contribution in [0.1, 0.15) is 16.7 Å². The molecule has 1 atom stereocenters. The van der Waals surface area contributed by atoms with Gasteiger partial charge in [-0.25, -0.2) is 0 Å². The summed E-state index contributed by atoms with van der Waals surface area (Å²) < 4.78 is 1.28. The molecular weight excluding hydrogens is 234 g/mol. The molecule has 0 bridgehead atoms. The molecule has 0 aliphatic carbocycles. The summed E-state index contributed by atoms with van der Waals surface area (Å²) in [6, 6.07) is 6.59. The minimum Gasteiger partial charge on any atom is -0.367 e. The first kappa shape index (κ1) is 12.0. The van der Waals surface area contributed by atoms with Gasteiger partial charge in [0.1, 0.15) is 5.69 Å². The van der Waals surface area contributed by atoms with Crippen molar-refractivity contribution in [1.82, 2.24) is 9.55 Å². The molecule has 0 aliphatic rings. The molecule has 0 saturated carbocycles. The van der Waals surface area contributed by atoms with E-state index in [1.165, 1.54) is 23.2 Å². The molecule has 1 amide bonds. The van der Waals surface area contributed by atoms with Gasteiger partial charge in [0.15, 0.2) is 12.5 Å². The van der Waals surface area contributed by atoms with Crippen LogP contribution in [0.3, 0.4) is 0 Å². The fraction of sp³-hybridized carbons (Fsp3) is 0.0833. The highest BCUT2D eigenvalue weighted by Gasteiger charge is 2.09. The molecular formula is C12H11N3O3. The zero-order chi connectivity index (χ0) is 13.0. The second-order valence-electron chi connectivity index (χ2n) is 3.57. The van der Waals surface area contributed by atoms with Crippen LogP contribution in [0.4, 0.5) is 5.69 Å². The lowest BCUT2D eigenvalue weighted by molar-refractivity contribution is -0.118. The van der Waals surface area contributed by atoms with E-state index in [1.807, 2.05) is 0 Å². The monoisotopic (exact) mass is 245 g/mol. The number of amides is 1. The molecule has 0 spiro atoms. The molecule has 18 heavy (non-hydrogen) atoms. The maximum Gasteiger partial charge on any atom is 0.274 e. The van der Waals surface area contributed by atoms with E-state index in [-0.39, 0.29) is 5.91 Å². The lowest BCUT2D eigenvalue weighted by Crippen LogP contribution is -2.13. The van der Waals surface area contributed by atoms with Gasteiger partial charge in [-0.05, 0) is 18.2 Å². The Labute approximate surface area is 103 Å². The summed E-state index contributed by atoms with van der Waals surface area (Å²) in [6.07, 6.45) is 3.62. The Bertz CT molecular complexity index is 551. The molecule has 0 fully saturated rings. The lowest BCUT2D eigenvalue weighted by atomic mass is 10.3. The molecule has 0 radical (unpaired) electrons. The van der Waals surface area contributed by atoms with Gasteiger partial charge in [0.2, 0.25) is 0 Å². The van der Waals surface area contributed by atoms with E-state index in [0.29, 0.717) is 17.7 Å². The van der Waals surface area contributed by atoms with Crippen LogP contribution >= 0.6 is 0 Å². The van der Waals surface area contributed by atoms with Crippen LogP contribution in [-0.4, -0.2) is 26.9 Å². The third-order valence-corrected chi connectivity index (χ3v) is 2.30. The molecule has 92 valence electrons. The Morgan fingerprint density at radius 2 is 2.28 bits per heavy atom. The van der Waals surface area contributed by atoms with E-state index >= 15 is 0 Å². The van der Waals surface area contributed by atoms with Crippen molar-refractivity contribution in [1.29, 1.82) is 0 Å². The molecule has 2 aromatic rings. The topological polar surface area (TPSA) is 84.2 Å². The van der Waals surface area contributed by atoms with Gasteiger partial charge in [0.25, 0.3) is 5.91 Å². The lowest BCUT2D eigenvalue weighted by Gasteiger charge is -2.04. The summed E-state index contributed by atoms with van der Waals surface area (Å²) in [6.45, 7) is 0. The highest BCUT2D eigenvalue weighted by molar-refractivity contribution is 6.02. The van der Waals surface area contributed by atoms with Crippen molar-refractivity contribution >= 4 is 17.9 Å². The summed E-state index contributed by atoms with van der Waals surface area (Å²) in [5.41, 5.74) is 0.771. The number of aromatic nitrogens is 2. The highest BCUT2D eigenvalue weighted by atomic mass is 16.3. The third-order valence-electron chi connectivity index (χ3n) is 2.30. The number of carbonyl (C=O) groups is 2. The largest absolute Gasteiger partial charge is 0.367 e. The van der Waals surface area contributed by atoms with Crippen LogP contribution in [-0.2, 0) is 4.79 Å². The fourth-order valence-electron chi connectivity index (χ4n) is 1.41. The minimum absolute atomic E-state index is 0.293. The second-order valence-corrected chi connectivity index (χ2v) is 3.57. The Balaban J connectivity index is 2.08. The van der Waals surface area contributed by atoms with Crippen molar-refractivity contribution < 1.29 is 14.7 Å². The normalized spacial score (nSPS) is 11.8. The quantitative estimate of drug-likeness (QED) is 0.781. The average molecular weight is 245 g/mol. The predicted molar refractivity (Wildman–Crippen MR) is 63.9 cm³/mol. The molecule has 6 heteroatoms. The van der Waals surface area contributed by atoms with E-state index in [2.05, 4.69) is 10.3 Å². The van der Waals surface area contributed by atoms with Crippen molar-refractivity contribution in [2.45, 2.75) is 6.23 Å². The molecule has 0 aliphatic heterocycles. The van der Waals surface area contributed by atoms with E-state index in [4.69, 9.17) is 0 Å². The first-order valence-corrected chi connectivity index (χ1v) is 5.24. The van der Waals surface area contributed by atoms with Crippen molar-refractivity contribution in [3.05, 3.63) is 48.5 Å². The van der Waals surface area contributed by atoms with Gasteiger partial charge in [-0.1, -0.05) is 6.07 Å². The number of nitrogens with zero attached hydrogens (tertiary/aromatic N) is 2. The van der Waals surface area contributed by atoms with Gasteiger partial charge in [0, 0.05) is 18.6 Å². The van der Waals surface area contributed by atoms with Crippen LogP contribution in [0, 0.1) is 0 Å². The Hall–Kier alpha value is -2.47. The fourth-order valence-corrected chi connectivity index (χ4v) is 1.41. The van der Waals surface area contributed by atoms with Gasteiger partial charge in [-0.3, -0.25) is 14.6 Å². The summed E-state index contributed by atoms with van der Waals surface area (Å²) in [5.74, 6) is -0.353. The van der Waals surface area contributed by atoms with E-state index < -0.39 is 6.23 Å². The number of aliphatic hydroxyl groups is 1. The summed E-state index contributed by atoms with van der Waals surface area (Å²) >= 11 is 0. The van der Waals surface area contributed by atoms with Crippen LogP contribution < -0.4 is 5.32 Å². The van der Waals surface area contributed by atoms with Crippen LogP contribution in [0.25, 0.3) is 0 Å². The zero-order valence-corrected chi connectivity index (χ0v) is 9.35. The van der Waals surface area contributed by atoms with E-state index in [1.54, 1.807) is 24.3 Å². The number of aldehydes is 1. The maximum absolute atomic E-state index is 11.7. The molecule has 0 saturated heterocycles. The zero-order valence-electron chi connectivity index (χ0n) is 9.35. The van der Waals surface area contributed by atoms with E-state index in [9.17, 15) is 14.7 Å². The Morgan fingerprint density at radius 1 is 1.44 bits per heavy atom. The maximum atomic E-state index is 11.7. The Kier molecular flexibility index (Phi) is 3.49. The van der Waals surface area contributed by atoms with Gasteiger partial charge in [-0.15, -0.1) is 0 Å². The molecule has 0 aromatic carbocycles. The third kappa shape index (κ3) is 2.61. The highest BCUT2D eigenvalue weighted by Crippen LogP contribution is 2.12. The summed E-state index contributed by atoms with van der Waals surface area (Å²) in [7, 11) is 0. The number of nitrogens with one attached hydrogen (secondary N) is 1. The SMILES string of the molecule is O=CC(O)n1ccc(NC(=O)c2ccccn2)c1. The minimum atomic E-state index is -1.24. The Morgan fingerprint density at radius 3 is 2.94 bits per heavy atom. The average Bonchev–Trinajstić information content (AvgIpc) is 2.87. The molecule has 2 heterocycles.